The van der Waals surface area contributed by atoms with E-state index in [4.69, 9.17) is 0 Å². The molecule has 0 unspecified atom stereocenters. The van der Waals surface area contributed by atoms with Crippen molar-refractivity contribution in [3.63, 3.8) is 0 Å². The normalized spacial score (nSPS) is 11.2. The molecule has 0 spiro atoms. The number of rotatable bonds is 8. The lowest BCUT2D eigenvalue weighted by Crippen LogP contribution is -2.07. The zero-order valence-electron chi connectivity index (χ0n) is 13.7. The summed E-state index contributed by atoms with van der Waals surface area (Å²) in [6.07, 6.45) is 11.6. The van der Waals surface area contributed by atoms with Crippen molar-refractivity contribution in [1.82, 2.24) is 34.3 Å². The lowest BCUT2D eigenvalue weighted by molar-refractivity contribution is 0.627. The number of nitrogens with one attached hydrogen (secondary N) is 1. The van der Waals surface area contributed by atoms with E-state index in [1.807, 2.05) is 18.6 Å². The summed E-state index contributed by atoms with van der Waals surface area (Å²) >= 11 is 0. The molecule has 3 rings (SSSR count). The number of unbranched alkanes of at least 4 members (excludes halogenated alkanes) is 1. The highest BCUT2D eigenvalue weighted by Crippen LogP contribution is 2.16. The predicted molar refractivity (Wildman–Crippen MR) is 87.8 cm³/mol. The molecule has 3 aromatic heterocycles. The van der Waals surface area contributed by atoms with E-state index in [0.29, 0.717) is 0 Å². The van der Waals surface area contributed by atoms with Crippen molar-refractivity contribution in [2.24, 2.45) is 0 Å². The van der Waals surface area contributed by atoms with Gasteiger partial charge >= 0.3 is 0 Å². The van der Waals surface area contributed by atoms with E-state index in [9.17, 15) is 0 Å². The molecule has 3 heterocycles. The first-order valence-electron chi connectivity index (χ1n) is 8.23. The fraction of sp³-hybridized carbons (Fsp3) is 0.500. The molecule has 7 heteroatoms. The van der Waals surface area contributed by atoms with Gasteiger partial charge in [0.25, 0.3) is 0 Å². The first kappa shape index (κ1) is 15.5. The second kappa shape index (κ2) is 7.21. The molecule has 0 aliphatic carbocycles. The van der Waals surface area contributed by atoms with Gasteiger partial charge in [-0.15, -0.1) is 10.2 Å². The minimum absolute atomic E-state index is 0.817. The van der Waals surface area contributed by atoms with Crippen LogP contribution < -0.4 is 0 Å². The van der Waals surface area contributed by atoms with Gasteiger partial charge in [-0.25, -0.2) is 9.97 Å². The Morgan fingerprint density at radius 3 is 2.87 bits per heavy atom. The lowest BCUT2D eigenvalue weighted by Gasteiger charge is -2.07. The topological polar surface area (TPSA) is 77.2 Å². The Labute approximate surface area is 135 Å². The molecular weight excluding hydrogens is 290 g/mol. The summed E-state index contributed by atoms with van der Waals surface area (Å²) in [6, 6.07) is 0. The third kappa shape index (κ3) is 3.49. The van der Waals surface area contributed by atoms with Crippen LogP contribution in [0.25, 0.3) is 11.5 Å². The minimum atomic E-state index is 0.817. The summed E-state index contributed by atoms with van der Waals surface area (Å²) in [5.74, 6) is 2.95. The maximum atomic E-state index is 4.47. The fourth-order valence-corrected chi connectivity index (χ4v) is 2.64. The molecular formula is C16H23N7. The number of aromatic amines is 1. The van der Waals surface area contributed by atoms with Crippen molar-refractivity contribution in [2.75, 3.05) is 0 Å². The third-order valence-corrected chi connectivity index (χ3v) is 3.96. The second-order valence-corrected chi connectivity index (χ2v) is 5.57. The number of imidazole rings is 2. The van der Waals surface area contributed by atoms with Crippen molar-refractivity contribution in [1.29, 1.82) is 0 Å². The van der Waals surface area contributed by atoms with Gasteiger partial charge in [-0.3, -0.25) is 0 Å². The number of aryl methyl sites for hydroxylation is 4. The summed E-state index contributed by atoms with van der Waals surface area (Å²) < 4.78 is 4.20. The van der Waals surface area contributed by atoms with Crippen molar-refractivity contribution in [3.05, 3.63) is 36.6 Å². The number of aromatic nitrogens is 7. The second-order valence-electron chi connectivity index (χ2n) is 5.57. The smallest absolute Gasteiger partial charge is 0.158 e. The Kier molecular flexibility index (Phi) is 4.85. The average Bonchev–Trinajstić information content (AvgIpc) is 3.29. The monoisotopic (exact) mass is 313 g/mol. The van der Waals surface area contributed by atoms with Gasteiger partial charge in [0.15, 0.2) is 5.82 Å². The zero-order valence-corrected chi connectivity index (χ0v) is 13.7. The van der Waals surface area contributed by atoms with Crippen LogP contribution in [-0.2, 0) is 25.9 Å². The molecule has 7 nitrogen and oxygen atoms in total. The minimum Gasteiger partial charge on any atom is -0.339 e. The van der Waals surface area contributed by atoms with Crippen LogP contribution in [0.4, 0.5) is 0 Å². The number of hydrogen-bond acceptors (Lipinski definition) is 4. The van der Waals surface area contributed by atoms with Crippen LogP contribution in [0.3, 0.4) is 0 Å². The highest BCUT2D eigenvalue weighted by Gasteiger charge is 2.11. The van der Waals surface area contributed by atoms with Crippen LogP contribution in [0.2, 0.25) is 0 Å². The Hall–Kier alpha value is -2.44. The van der Waals surface area contributed by atoms with Crippen LogP contribution in [0.15, 0.2) is 24.9 Å². The number of nitrogens with zero attached hydrogens (tertiary/aromatic N) is 6. The van der Waals surface area contributed by atoms with Gasteiger partial charge in [0.05, 0.1) is 6.20 Å². The van der Waals surface area contributed by atoms with Crippen molar-refractivity contribution < 1.29 is 0 Å². The summed E-state index contributed by atoms with van der Waals surface area (Å²) in [5, 5.41) is 8.16. The van der Waals surface area contributed by atoms with Crippen LogP contribution in [0.1, 0.15) is 38.3 Å². The quantitative estimate of drug-likeness (QED) is 0.693. The highest BCUT2D eigenvalue weighted by molar-refractivity contribution is 5.48. The average molecular weight is 313 g/mol. The van der Waals surface area contributed by atoms with Crippen molar-refractivity contribution in [2.45, 2.75) is 52.6 Å². The van der Waals surface area contributed by atoms with Gasteiger partial charge in [-0.05, 0) is 13.3 Å². The Morgan fingerprint density at radius 1 is 1.13 bits per heavy atom. The molecule has 0 fully saturated rings. The Morgan fingerprint density at radius 2 is 2.04 bits per heavy atom. The van der Waals surface area contributed by atoms with Gasteiger partial charge < -0.3 is 14.1 Å². The van der Waals surface area contributed by atoms with Crippen LogP contribution in [-0.4, -0.2) is 34.3 Å². The van der Waals surface area contributed by atoms with E-state index in [-0.39, 0.29) is 0 Å². The van der Waals surface area contributed by atoms with E-state index in [1.54, 1.807) is 6.33 Å². The maximum Gasteiger partial charge on any atom is 0.158 e. The molecule has 0 saturated heterocycles. The molecule has 23 heavy (non-hydrogen) atoms. The van der Waals surface area contributed by atoms with Crippen LogP contribution >= 0.6 is 0 Å². The molecule has 0 aliphatic rings. The van der Waals surface area contributed by atoms with E-state index >= 15 is 0 Å². The van der Waals surface area contributed by atoms with E-state index < -0.39 is 0 Å². The van der Waals surface area contributed by atoms with Crippen LogP contribution in [0.5, 0.6) is 0 Å². The molecule has 0 saturated carbocycles. The molecule has 122 valence electrons. The fourth-order valence-electron chi connectivity index (χ4n) is 2.64. The lowest BCUT2D eigenvalue weighted by atomic mass is 10.2. The predicted octanol–water partition coefficient (Wildman–Crippen LogP) is 2.47. The molecule has 0 amide bonds. The van der Waals surface area contributed by atoms with Gasteiger partial charge in [-0.1, -0.05) is 13.3 Å². The zero-order chi connectivity index (χ0) is 16.1. The maximum absolute atomic E-state index is 4.47. The van der Waals surface area contributed by atoms with Crippen molar-refractivity contribution >= 4 is 0 Å². The highest BCUT2D eigenvalue weighted by atomic mass is 15.3. The van der Waals surface area contributed by atoms with Crippen LogP contribution in [0, 0.1) is 0 Å². The SMILES string of the molecule is CCCCc1ncc(-c2nccn2CCc2nncn2CC)[nH]1. The van der Waals surface area contributed by atoms with Gasteiger partial charge in [0.1, 0.15) is 23.7 Å². The number of H-pyrrole nitrogens is 1. The molecule has 0 bridgehead atoms. The van der Waals surface area contributed by atoms with Gasteiger partial charge in [0.2, 0.25) is 0 Å². The van der Waals surface area contributed by atoms with E-state index in [1.165, 1.54) is 6.42 Å². The Bertz CT molecular complexity index is 737. The van der Waals surface area contributed by atoms with Crippen molar-refractivity contribution in [3.8, 4) is 11.5 Å². The summed E-state index contributed by atoms with van der Waals surface area (Å²) in [6.45, 7) is 5.99. The summed E-state index contributed by atoms with van der Waals surface area (Å²) in [7, 11) is 0. The standard InChI is InChI=1S/C16H23N7/c1-3-5-6-14-18-11-13(20-14)16-17-8-10-23(16)9-7-15-21-19-12-22(15)4-2/h8,10-12H,3-7,9H2,1-2H3,(H,18,20). The summed E-state index contributed by atoms with van der Waals surface area (Å²) in [4.78, 5) is 12.3. The third-order valence-electron chi connectivity index (χ3n) is 3.96. The molecule has 0 aromatic carbocycles. The van der Waals surface area contributed by atoms with E-state index in [0.717, 1.165) is 55.5 Å². The summed E-state index contributed by atoms with van der Waals surface area (Å²) in [5.41, 5.74) is 0.970. The first-order chi connectivity index (χ1) is 11.3. The van der Waals surface area contributed by atoms with Gasteiger partial charge in [-0.2, -0.15) is 0 Å². The molecule has 3 aromatic rings. The van der Waals surface area contributed by atoms with Gasteiger partial charge in [0, 0.05) is 38.3 Å². The molecule has 0 aliphatic heterocycles. The Balaban J connectivity index is 1.71. The molecule has 1 N–H and O–H groups in total. The number of hydrogen-bond donors (Lipinski definition) is 1. The largest absolute Gasteiger partial charge is 0.339 e. The molecule has 0 radical (unpaired) electrons. The first-order valence-corrected chi connectivity index (χ1v) is 8.23. The van der Waals surface area contributed by atoms with E-state index in [2.05, 4.69) is 48.1 Å². The molecule has 0 atom stereocenters.